The lowest BCUT2D eigenvalue weighted by atomic mass is 10.2. The summed E-state index contributed by atoms with van der Waals surface area (Å²) in [7, 11) is 0. The second-order valence-electron chi connectivity index (χ2n) is 2.60. The van der Waals surface area contributed by atoms with E-state index in [1.807, 2.05) is 24.3 Å². The van der Waals surface area contributed by atoms with Gasteiger partial charge in [0.15, 0.2) is 0 Å². The van der Waals surface area contributed by atoms with Gasteiger partial charge in [-0.05, 0) is 40.3 Å². The number of hydrogen-bond acceptors (Lipinski definition) is 2. The van der Waals surface area contributed by atoms with Crippen molar-refractivity contribution >= 4 is 28.7 Å². The van der Waals surface area contributed by atoms with Crippen molar-refractivity contribution in [1.82, 2.24) is 0 Å². The van der Waals surface area contributed by atoms with Gasteiger partial charge in [-0.1, -0.05) is 12.1 Å². The Labute approximate surface area is 89.8 Å². The Morgan fingerprint density at radius 1 is 1.62 bits per heavy atom. The lowest BCUT2D eigenvalue weighted by molar-refractivity contribution is -0.422. The van der Waals surface area contributed by atoms with Gasteiger partial charge in [-0.25, -0.2) is 0 Å². The number of nitro groups is 1. The van der Waals surface area contributed by atoms with E-state index in [1.165, 1.54) is 6.92 Å². The molecule has 3 nitrogen and oxygen atoms in total. The Morgan fingerprint density at radius 2 is 2.31 bits per heavy atom. The Hall–Kier alpha value is -0.910. The van der Waals surface area contributed by atoms with E-state index in [0.29, 0.717) is 0 Å². The van der Waals surface area contributed by atoms with Crippen LogP contribution in [0.4, 0.5) is 0 Å². The van der Waals surface area contributed by atoms with Crippen LogP contribution in [0.15, 0.2) is 30.0 Å². The van der Waals surface area contributed by atoms with Gasteiger partial charge in [0.25, 0.3) is 0 Å². The number of hydrogen-bond donors (Lipinski definition) is 0. The third-order valence-electron chi connectivity index (χ3n) is 1.51. The lowest BCUT2D eigenvalue weighted by Gasteiger charge is -1.94. The minimum Gasteiger partial charge on any atom is -0.259 e. The molecule has 0 heterocycles. The van der Waals surface area contributed by atoms with E-state index in [1.54, 1.807) is 6.08 Å². The lowest BCUT2D eigenvalue weighted by Crippen LogP contribution is -1.92. The maximum atomic E-state index is 10.3. The van der Waals surface area contributed by atoms with Crippen molar-refractivity contribution in [2.24, 2.45) is 0 Å². The number of halogens is 1. The van der Waals surface area contributed by atoms with Crippen LogP contribution in [0.25, 0.3) is 6.08 Å². The van der Waals surface area contributed by atoms with E-state index in [9.17, 15) is 10.1 Å². The van der Waals surface area contributed by atoms with E-state index in [4.69, 9.17) is 0 Å². The number of rotatable bonds is 2. The van der Waals surface area contributed by atoms with Gasteiger partial charge < -0.3 is 0 Å². The summed E-state index contributed by atoms with van der Waals surface area (Å²) in [5.41, 5.74) is 1.02. The molecule has 0 spiro atoms. The fourth-order valence-electron chi connectivity index (χ4n) is 0.890. The third kappa shape index (κ3) is 3.14. The van der Waals surface area contributed by atoms with Crippen LogP contribution >= 0.6 is 22.6 Å². The average Bonchev–Trinajstić information content (AvgIpc) is 2.04. The van der Waals surface area contributed by atoms with Crippen LogP contribution in [0.5, 0.6) is 0 Å². The minimum atomic E-state index is -0.389. The van der Waals surface area contributed by atoms with Gasteiger partial charge >= 0.3 is 0 Å². The normalized spacial score (nSPS) is 11.4. The zero-order valence-electron chi connectivity index (χ0n) is 7.03. The number of allylic oxidation sites excluding steroid dienone is 1. The topological polar surface area (TPSA) is 43.1 Å². The summed E-state index contributed by atoms with van der Waals surface area (Å²) in [6.45, 7) is 1.49. The fourth-order valence-corrected chi connectivity index (χ4v) is 1.46. The molecule has 0 atom stereocenters. The van der Waals surface area contributed by atoms with Crippen molar-refractivity contribution in [3.05, 3.63) is 49.2 Å². The molecule has 0 saturated carbocycles. The fraction of sp³-hybridized carbons (Fsp3) is 0.111. The molecule has 0 aliphatic carbocycles. The van der Waals surface area contributed by atoms with E-state index < -0.39 is 0 Å². The van der Waals surface area contributed by atoms with E-state index >= 15 is 0 Å². The maximum absolute atomic E-state index is 10.3. The van der Waals surface area contributed by atoms with Gasteiger partial charge in [-0.2, -0.15) is 0 Å². The highest BCUT2D eigenvalue weighted by molar-refractivity contribution is 14.1. The molecule has 13 heavy (non-hydrogen) atoms. The summed E-state index contributed by atoms with van der Waals surface area (Å²) in [4.78, 5) is 9.93. The molecule has 0 N–H and O–H groups in total. The van der Waals surface area contributed by atoms with Crippen molar-refractivity contribution in [3.63, 3.8) is 0 Å². The molecule has 0 amide bonds. The standard InChI is InChI=1S/C9H8INO2/c1-7(11(12)13)5-8-3-2-4-9(10)6-8/h2-6H,1H3/b7-5+. The van der Waals surface area contributed by atoms with E-state index in [2.05, 4.69) is 22.6 Å². The molecule has 0 unspecified atom stereocenters. The predicted octanol–water partition coefficient (Wildman–Crippen LogP) is 2.93. The Kier molecular flexibility index (Phi) is 3.41. The molecule has 0 radical (unpaired) electrons. The van der Waals surface area contributed by atoms with Crippen LogP contribution in [0.3, 0.4) is 0 Å². The van der Waals surface area contributed by atoms with Crippen LogP contribution in [0.1, 0.15) is 12.5 Å². The van der Waals surface area contributed by atoms with Crippen molar-refractivity contribution in [2.75, 3.05) is 0 Å². The van der Waals surface area contributed by atoms with Gasteiger partial charge in [0.1, 0.15) is 0 Å². The molecule has 0 aliphatic heterocycles. The van der Waals surface area contributed by atoms with Crippen LogP contribution < -0.4 is 0 Å². The average molecular weight is 289 g/mol. The third-order valence-corrected chi connectivity index (χ3v) is 2.18. The molecular formula is C9H8INO2. The van der Waals surface area contributed by atoms with Crippen LogP contribution in [-0.4, -0.2) is 4.92 Å². The van der Waals surface area contributed by atoms with Gasteiger partial charge in [-0.3, -0.25) is 10.1 Å². The number of nitrogens with zero attached hydrogens (tertiary/aromatic N) is 1. The molecule has 1 rings (SSSR count). The summed E-state index contributed by atoms with van der Waals surface area (Å²) in [6.07, 6.45) is 1.56. The van der Waals surface area contributed by atoms with Gasteiger partial charge in [-0.15, -0.1) is 0 Å². The molecule has 0 aromatic heterocycles. The molecule has 0 bridgehead atoms. The molecule has 0 fully saturated rings. The Bertz CT molecular complexity index is 360. The zero-order valence-corrected chi connectivity index (χ0v) is 9.19. The largest absolute Gasteiger partial charge is 0.259 e. The monoisotopic (exact) mass is 289 g/mol. The van der Waals surface area contributed by atoms with Crippen molar-refractivity contribution < 1.29 is 4.92 Å². The summed E-state index contributed by atoms with van der Waals surface area (Å²) in [5, 5.41) is 10.3. The Morgan fingerprint density at radius 3 is 2.85 bits per heavy atom. The SMILES string of the molecule is C/C(=C\c1cccc(I)c1)[N+](=O)[O-]. The van der Waals surface area contributed by atoms with Crippen LogP contribution in [0, 0.1) is 13.7 Å². The van der Waals surface area contributed by atoms with Crippen molar-refractivity contribution in [1.29, 1.82) is 0 Å². The highest BCUT2D eigenvalue weighted by Crippen LogP contribution is 2.11. The molecule has 0 aliphatic rings. The second kappa shape index (κ2) is 4.36. The molecule has 1 aromatic carbocycles. The first-order valence-electron chi connectivity index (χ1n) is 3.68. The molecule has 0 saturated heterocycles. The molecule has 68 valence electrons. The first kappa shape index (κ1) is 10.2. The Balaban J connectivity index is 2.97. The smallest absolute Gasteiger partial charge is 0.243 e. The highest BCUT2D eigenvalue weighted by Gasteiger charge is 2.01. The molecule has 4 heteroatoms. The van der Waals surface area contributed by atoms with E-state index in [0.717, 1.165) is 9.13 Å². The second-order valence-corrected chi connectivity index (χ2v) is 3.84. The first-order chi connectivity index (χ1) is 6.09. The van der Waals surface area contributed by atoms with Crippen LogP contribution in [0.2, 0.25) is 0 Å². The van der Waals surface area contributed by atoms with Gasteiger partial charge in [0.05, 0.1) is 4.92 Å². The van der Waals surface area contributed by atoms with Crippen molar-refractivity contribution in [2.45, 2.75) is 6.92 Å². The quantitative estimate of drug-likeness (QED) is 0.477. The van der Waals surface area contributed by atoms with Crippen molar-refractivity contribution in [3.8, 4) is 0 Å². The summed E-state index contributed by atoms with van der Waals surface area (Å²) < 4.78 is 1.07. The first-order valence-corrected chi connectivity index (χ1v) is 4.76. The van der Waals surface area contributed by atoms with Gasteiger partial charge in [0.2, 0.25) is 5.70 Å². The number of benzene rings is 1. The van der Waals surface area contributed by atoms with Crippen LogP contribution in [-0.2, 0) is 0 Å². The molecule has 1 aromatic rings. The highest BCUT2D eigenvalue weighted by atomic mass is 127. The van der Waals surface area contributed by atoms with E-state index in [-0.39, 0.29) is 10.6 Å². The molecular weight excluding hydrogens is 281 g/mol. The summed E-state index contributed by atoms with van der Waals surface area (Å²) in [5.74, 6) is 0. The summed E-state index contributed by atoms with van der Waals surface area (Å²) in [6, 6.07) is 7.56. The zero-order chi connectivity index (χ0) is 9.84. The predicted molar refractivity (Wildman–Crippen MR) is 59.8 cm³/mol. The summed E-state index contributed by atoms with van der Waals surface area (Å²) >= 11 is 2.17. The van der Waals surface area contributed by atoms with Gasteiger partial charge in [0, 0.05) is 16.6 Å². The minimum absolute atomic E-state index is 0.155. The maximum Gasteiger partial charge on any atom is 0.243 e.